The number of anilines is 1. The monoisotopic (exact) mass is 368 g/mol. The summed E-state index contributed by atoms with van der Waals surface area (Å²) in [6, 6.07) is 15.0. The van der Waals surface area contributed by atoms with E-state index in [1.807, 2.05) is 0 Å². The van der Waals surface area contributed by atoms with E-state index in [-0.39, 0.29) is 23.9 Å². The van der Waals surface area contributed by atoms with Crippen LogP contribution in [0.2, 0.25) is 0 Å². The summed E-state index contributed by atoms with van der Waals surface area (Å²) in [7, 11) is 0. The van der Waals surface area contributed by atoms with Gasteiger partial charge in [-0.15, -0.1) is 0 Å². The highest BCUT2D eigenvalue weighted by molar-refractivity contribution is 5.95. The number of carbonyl (C=O) groups is 1. The average Bonchev–Trinajstić information content (AvgIpc) is 3.07. The fraction of sp³-hybridized carbons (Fsp3) is 0.409. The molecule has 2 saturated heterocycles. The van der Waals surface area contributed by atoms with Gasteiger partial charge in [0, 0.05) is 25.3 Å². The van der Waals surface area contributed by atoms with Gasteiger partial charge in [0.2, 0.25) is 0 Å². The van der Waals surface area contributed by atoms with Crippen molar-refractivity contribution in [3.05, 3.63) is 65.5 Å². The normalized spacial score (nSPS) is 23.3. The number of amides is 1. The number of nitrogens with zero attached hydrogens (tertiary/aromatic N) is 2. The minimum atomic E-state index is -0.371. The molecule has 0 N–H and O–H groups in total. The van der Waals surface area contributed by atoms with E-state index in [4.69, 9.17) is 4.74 Å². The molecule has 0 aliphatic carbocycles. The first-order chi connectivity index (χ1) is 13.1. The molecule has 2 heterocycles. The smallest absolute Gasteiger partial charge is 0.253 e. The number of halogens is 1. The third kappa shape index (κ3) is 3.89. The SMILES string of the molecule is CCc1ccc(CN2CCC3(C2)CN(c2cccc(F)c2)C(=O)CO3)cc1. The van der Waals surface area contributed by atoms with Gasteiger partial charge in [0.25, 0.3) is 5.91 Å². The zero-order chi connectivity index (χ0) is 18.9. The lowest BCUT2D eigenvalue weighted by molar-refractivity contribution is -0.137. The van der Waals surface area contributed by atoms with E-state index in [0.29, 0.717) is 12.2 Å². The highest BCUT2D eigenvalue weighted by Crippen LogP contribution is 2.33. The van der Waals surface area contributed by atoms with Crippen LogP contribution in [0, 0.1) is 5.82 Å². The molecule has 2 fully saturated rings. The molecule has 2 aliphatic rings. The van der Waals surface area contributed by atoms with Crippen molar-refractivity contribution >= 4 is 11.6 Å². The van der Waals surface area contributed by atoms with Gasteiger partial charge in [0.15, 0.2) is 0 Å². The highest BCUT2D eigenvalue weighted by atomic mass is 19.1. The zero-order valence-electron chi connectivity index (χ0n) is 15.7. The molecule has 0 radical (unpaired) electrons. The minimum absolute atomic E-state index is 0.0511. The highest BCUT2D eigenvalue weighted by Gasteiger charge is 2.45. The second-order valence-electron chi connectivity index (χ2n) is 7.56. The summed E-state index contributed by atoms with van der Waals surface area (Å²) in [4.78, 5) is 16.4. The number of carbonyl (C=O) groups excluding carboxylic acids is 1. The second-order valence-corrected chi connectivity index (χ2v) is 7.56. The van der Waals surface area contributed by atoms with Crippen molar-refractivity contribution in [2.75, 3.05) is 31.1 Å². The fourth-order valence-corrected chi connectivity index (χ4v) is 4.04. The van der Waals surface area contributed by atoms with Gasteiger partial charge in [0.05, 0.1) is 6.54 Å². The Hall–Kier alpha value is -2.24. The Morgan fingerprint density at radius 1 is 1.11 bits per heavy atom. The van der Waals surface area contributed by atoms with Crippen LogP contribution in [0.3, 0.4) is 0 Å². The molecule has 4 rings (SSSR count). The topological polar surface area (TPSA) is 32.8 Å². The molecular weight excluding hydrogens is 343 g/mol. The molecule has 1 unspecified atom stereocenters. The number of benzene rings is 2. The van der Waals surface area contributed by atoms with E-state index >= 15 is 0 Å². The molecule has 1 atom stereocenters. The molecule has 2 aromatic rings. The van der Waals surface area contributed by atoms with Crippen LogP contribution in [0.4, 0.5) is 10.1 Å². The summed E-state index contributed by atoms with van der Waals surface area (Å²) in [5.41, 5.74) is 2.87. The molecule has 1 amide bonds. The zero-order valence-corrected chi connectivity index (χ0v) is 15.7. The Morgan fingerprint density at radius 2 is 1.89 bits per heavy atom. The summed E-state index contributed by atoms with van der Waals surface area (Å²) < 4.78 is 19.6. The van der Waals surface area contributed by atoms with E-state index in [1.54, 1.807) is 17.0 Å². The van der Waals surface area contributed by atoms with Gasteiger partial charge in [-0.3, -0.25) is 9.69 Å². The summed E-state index contributed by atoms with van der Waals surface area (Å²) in [5.74, 6) is -0.441. The van der Waals surface area contributed by atoms with Gasteiger partial charge in [0.1, 0.15) is 18.0 Å². The summed E-state index contributed by atoms with van der Waals surface area (Å²) in [5, 5.41) is 0. The number of likely N-dealkylation sites (tertiary alicyclic amines) is 1. The summed E-state index contributed by atoms with van der Waals surface area (Å²) in [6.45, 7) is 5.27. The van der Waals surface area contributed by atoms with E-state index in [2.05, 4.69) is 36.1 Å². The van der Waals surface area contributed by atoms with E-state index in [0.717, 1.165) is 32.5 Å². The number of aryl methyl sites for hydroxylation is 1. The maximum atomic E-state index is 13.6. The first kappa shape index (κ1) is 18.1. The van der Waals surface area contributed by atoms with Crippen LogP contribution in [-0.4, -0.2) is 42.6 Å². The Balaban J connectivity index is 1.45. The van der Waals surface area contributed by atoms with Gasteiger partial charge in [-0.25, -0.2) is 4.39 Å². The molecule has 5 heteroatoms. The third-order valence-corrected chi connectivity index (χ3v) is 5.60. The van der Waals surface area contributed by atoms with Gasteiger partial charge in [-0.05, 0) is 42.2 Å². The van der Waals surface area contributed by atoms with Gasteiger partial charge >= 0.3 is 0 Å². The molecule has 2 aliphatic heterocycles. The molecule has 0 aromatic heterocycles. The molecule has 4 nitrogen and oxygen atoms in total. The molecule has 142 valence electrons. The predicted molar refractivity (Wildman–Crippen MR) is 103 cm³/mol. The Morgan fingerprint density at radius 3 is 2.63 bits per heavy atom. The van der Waals surface area contributed by atoms with Gasteiger partial charge < -0.3 is 9.64 Å². The van der Waals surface area contributed by atoms with Crippen LogP contribution >= 0.6 is 0 Å². The maximum absolute atomic E-state index is 13.6. The Kier molecular flexibility index (Phi) is 4.98. The standard InChI is InChI=1S/C22H25FN2O2/c1-2-17-6-8-18(9-7-17)13-24-11-10-22(15-24)16-25(21(26)14-27-22)20-5-3-4-19(23)12-20/h3-9,12H,2,10-11,13-16H2,1H3. The van der Waals surface area contributed by atoms with E-state index in [9.17, 15) is 9.18 Å². The number of hydrogen-bond acceptors (Lipinski definition) is 3. The van der Waals surface area contributed by atoms with Crippen LogP contribution in [0.25, 0.3) is 0 Å². The van der Waals surface area contributed by atoms with Crippen LogP contribution in [0.15, 0.2) is 48.5 Å². The summed E-state index contributed by atoms with van der Waals surface area (Å²) >= 11 is 0. The maximum Gasteiger partial charge on any atom is 0.253 e. The molecule has 27 heavy (non-hydrogen) atoms. The molecule has 1 spiro atoms. The Bertz CT molecular complexity index is 823. The Labute approximate surface area is 159 Å². The van der Waals surface area contributed by atoms with Crippen molar-refractivity contribution in [2.24, 2.45) is 0 Å². The quantitative estimate of drug-likeness (QED) is 0.829. The van der Waals surface area contributed by atoms with Crippen molar-refractivity contribution < 1.29 is 13.9 Å². The fourth-order valence-electron chi connectivity index (χ4n) is 4.04. The van der Waals surface area contributed by atoms with Crippen molar-refractivity contribution in [3.8, 4) is 0 Å². The van der Waals surface area contributed by atoms with Crippen molar-refractivity contribution in [1.29, 1.82) is 0 Å². The summed E-state index contributed by atoms with van der Waals surface area (Å²) in [6.07, 6.45) is 1.92. The predicted octanol–water partition coefficient (Wildman–Crippen LogP) is 3.40. The first-order valence-electron chi connectivity index (χ1n) is 9.57. The lowest BCUT2D eigenvalue weighted by Crippen LogP contribution is -2.56. The van der Waals surface area contributed by atoms with Crippen LogP contribution in [0.1, 0.15) is 24.5 Å². The molecular formula is C22H25FN2O2. The largest absolute Gasteiger partial charge is 0.362 e. The first-order valence-corrected chi connectivity index (χ1v) is 9.57. The number of ether oxygens (including phenoxy) is 1. The molecule has 0 saturated carbocycles. The lowest BCUT2D eigenvalue weighted by Gasteiger charge is -2.40. The lowest BCUT2D eigenvalue weighted by atomic mass is 10.00. The van der Waals surface area contributed by atoms with E-state index in [1.165, 1.54) is 23.3 Å². The van der Waals surface area contributed by atoms with Crippen LogP contribution in [0.5, 0.6) is 0 Å². The van der Waals surface area contributed by atoms with Gasteiger partial charge in [-0.2, -0.15) is 0 Å². The average molecular weight is 368 g/mol. The van der Waals surface area contributed by atoms with Crippen molar-refractivity contribution in [1.82, 2.24) is 4.90 Å². The van der Waals surface area contributed by atoms with Gasteiger partial charge in [-0.1, -0.05) is 37.3 Å². The van der Waals surface area contributed by atoms with E-state index < -0.39 is 0 Å². The number of morpholine rings is 1. The number of hydrogen-bond donors (Lipinski definition) is 0. The minimum Gasteiger partial charge on any atom is -0.362 e. The second kappa shape index (κ2) is 7.41. The molecule has 0 bridgehead atoms. The third-order valence-electron chi connectivity index (χ3n) is 5.60. The van der Waals surface area contributed by atoms with Crippen molar-refractivity contribution in [2.45, 2.75) is 31.9 Å². The van der Waals surface area contributed by atoms with Crippen LogP contribution < -0.4 is 4.90 Å². The van der Waals surface area contributed by atoms with Crippen molar-refractivity contribution in [3.63, 3.8) is 0 Å². The number of rotatable bonds is 4. The van der Waals surface area contributed by atoms with Crippen LogP contribution in [-0.2, 0) is 22.5 Å². The molecule has 2 aromatic carbocycles.